The summed E-state index contributed by atoms with van der Waals surface area (Å²) in [5, 5.41) is 9.50. The molecule has 17 heavy (non-hydrogen) atoms. The average molecular weight is 241 g/mol. The van der Waals surface area contributed by atoms with Crippen LogP contribution in [-0.2, 0) is 9.53 Å². The summed E-state index contributed by atoms with van der Waals surface area (Å²) in [5.41, 5.74) is -0.481. The molecule has 2 fully saturated rings. The minimum Gasteiger partial charge on any atom is -0.481 e. The van der Waals surface area contributed by atoms with E-state index in [2.05, 4.69) is 11.8 Å². The van der Waals surface area contributed by atoms with Crippen molar-refractivity contribution in [2.75, 3.05) is 26.3 Å². The van der Waals surface area contributed by atoms with Gasteiger partial charge in [-0.05, 0) is 19.3 Å². The van der Waals surface area contributed by atoms with Gasteiger partial charge in [-0.15, -0.1) is 0 Å². The van der Waals surface area contributed by atoms with Crippen molar-refractivity contribution in [3.8, 4) is 0 Å². The Labute approximate surface area is 103 Å². The maximum absolute atomic E-state index is 11.5. The molecule has 1 unspecified atom stereocenters. The average Bonchev–Trinajstić information content (AvgIpc) is 2.80. The number of morpholine rings is 1. The number of hydrogen-bond acceptors (Lipinski definition) is 3. The van der Waals surface area contributed by atoms with E-state index < -0.39 is 11.4 Å². The van der Waals surface area contributed by atoms with Crippen LogP contribution in [0.2, 0.25) is 0 Å². The molecule has 0 aromatic rings. The van der Waals surface area contributed by atoms with Crippen molar-refractivity contribution in [3.63, 3.8) is 0 Å². The van der Waals surface area contributed by atoms with Gasteiger partial charge in [0, 0.05) is 19.1 Å². The summed E-state index contributed by atoms with van der Waals surface area (Å²) in [6.45, 7) is 5.24. The second kappa shape index (κ2) is 5.36. The molecule has 0 aromatic heterocycles. The standard InChI is InChI=1S/C13H23NO3/c1-2-11-9-17-8-7-14(11)10-13(12(15)16)5-3-4-6-13/h11H,2-10H2,1H3,(H,15,16). The van der Waals surface area contributed by atoms with E-state index in [-0.39, 0.29) is 0 Å². The van der Waals surface area contributed by atoms with Crippen molar-refractivity contribution >= 4 is 5.97 Å². The maximum Gasteiger partial charge on any atom is 0.310 e. The Balaban J connectivity index is 2.04. The van der Waals surface area contributed by atoms with Crippen LogP contribution in [-0.4, -0.2) is 48.3 Å². The summed E-state index contributed by atoms with van der Waals surface area (Å²) in [4.78, 5) is 13.9. The number of rotatable bonds is 4. The Kier molecular flexibility index (Phi) is 4.05. The zero-order valence-corrected chi connectivity index (χ0v) is 10.7. The highest BCUT2D eigenvalue weighted by atomic mass is 16.5. The van der Waals surface area contributed by atoms with Gasteiger partial charge in [0.05, 0.1) is 18.6 Å². The van der Waals surface area contributed by atoms with Crippen molar-refractivity contribution in [1.82, 2.24) is 4.90 Å². The quantitative estimate of drug-likeness (QED) is 0.814. The monoisotopic (exact) mass is 241 g/mol. The van der Waals surface area contributed by atoms with E-state index in [0.717, 1.165) is 51.9 Å². The summed E-state index contributed by atoms with van der Waals surface area (Å²) in [6, 6.07) is 0.403. The number of ether oxygens (including phenoxy) is 1. The van der Waals surface area contributed by atoms with Gasteiger partial charge in [-0.25, -0.2) is 0 Å². The van der Waals surface area contributed by atoms with Gasteiger partial charge < -0.3 is 9.84 Å². The Bertz CT molecular complexity index is 274. The smallest absolute Gasteiger partial charge is 0.310 e. The molecular formula is C13H23NO3. The molecule has 2 aliphatic rings. The number of carbonyl (C=O) groups is 1. The van der Waals surface area contributed by atoms with Crippen LogP contribution in [0.3, 0.4) is 0 Å². The van der Waals surface area contributed by atoms with Crippen molar-refractivity contribution in [2.45, 2.75) is 45.1 Å². The molecule has 1 saturated heterocycles. The molecule has 2 rings (SSSR count). The van der Waals surface area contributed by atoms with Gasteiger partial charge in [0.15, 0.2) is 0 Å². The van der Waals surface area contributed by atoms with E-state index in [0.29, 0.717) is 12.6 Å². The van der Waals surface area contributed by atoms with E-state index in [1.165, 1.54) is 0 Å². The zero-order valence-electron chi connectivity index (χ0n) is 10.7. The van der Waals surface area contributed by atoms with E-state index >= 15 is 0 Å². The third kappa shape index (κ3) is 2.63. The number of nitrogens with zero attached hydrogens (tertiary/aromatic N) is 1. The minimum atomic E-state index is -0.601. The van der Waals surface area contributed by atoms with Gasteiger partial charge in [0.25, 0.3) is 0 Å². The van der Waals surface area contributed by atoms with Gasteiger partial charge in [0.2, 0.25) is 0 Å². The number of carboxylic acids is 1. The topological polar surface area (TPSA) is 49.8 Å². The molecule has 0 bridgehead atoms. The van der Waals surface area contributed by atoms with E-state index in [1.54, 1.807) is 0 Å². The molecule has 1 N–H and O–H groups in total. The predicted octanol–water partition coefficient (Wildman–Crippen LogP) is 1.74. The van der Waals surface area contributed by atoms with E-state index in [1.807, 2.05) is 0 Å². The van der Waals surface area contributed by atoms with Crippen LogP contribution in [0.5, 0.6) is 0 Å². The molecule has 4 heteroatoms. The fraction of sp³-hybridized carbons (Fsp3) is 0.923. The predicted molar refractivity (Wildman–Crippen MR) is 65.0 cm³/mol. The molecule has 0 amide bonds. The Morgan fingerprint density at radius 1 is 1.47 bits per heavy atom. The Hall–Kier alpha value is -0.610. The first-order chi connectivity index (χ1) is 8.18. The van der Waals surface area contributed by atoms with Crippen molar-refractivity contribution in [3.05, 3.63) is 0 Å². The molecular weight excluding hydrogens is 218 g/mol. The van der Waals surface area contributed by atoms with Crippen LogP contribution in [0.25, 0.3) is 0 Å². The molecule has 0 spiro atoms. The molecule has 4 nitrogen and oxygen atoms in total. The first-order valence-electron chi connectivity index (χ1n) is 6.73. The summed E-state index contributed by atoms with van der Waals surface area (Å²) < 4.78 is 5.47. The number of carboxylic acid groups (broad SMARTS) is 1. The van der Waals surface area contributed by atoms with E-state index in [9.17, 15) is 9.90 Å². The van der Waals surface area contributed by atoms with E-state index in [4.69, 9.17) is 4.74 Å². The molecule has 1 aliphatic heterocycles. The SMILES string of the molecule is CCC1COCCN1CC1(C(=O)O)CCCC1. The third-order valence-electron chi connectivity index (χ3n) is 4.34. The molecule has 0 aromatic carbocycles. The lowest BCUT2D eigenvalue weighted by Gasteiger charge is -2.39. The largest absolute Gasteiger partial charge is 0.481 e. The summed E-state index contributed by atoms with van der Waals surface area (Å²) in [5.74, 6) is -0.601. The highest BCUT2D eigenvalue weighted by Crippen LogP contribution is 2.39. The second-order valence-corrected chi connectivity index (χ2v) is 5.40. The molecule has 1 saturated carbocycles. The number of aliphatic carboxylic acids is 1. The van der Waals surface area contributed by atoms with Crippen LogP contribution >= 0.6 is 0 Å². The van der Waals surface area contributed by atoms with Gasteiger partial charge >= 0.3 is 5.97 Å². The molecule has 0 radical (unpaired) electrons. The van der Waals surface area contributed by atoms with Crippen LogP contribution in [0, 0.1) is 5.41 Å². The van der Waals surface area contributed by atoms with Crippen molar-refractivity contribution in [1.29, 1.82) is 0 Å². The van der Waals surface area contributed by atoms with Crippen LogP contribution < -0.4 is 0 Å². The molecule has 98 valence electrons. The van der Waals surface area contributed by atoms with Gasteiger partial charge in [-0.2, -0.15) is 0 Å². The normalized spacial score (nSPS) is 29.4. The first kappa shape index (κ1) is 12.8. The lowest BCUT2D eigenvalue weighted by molar-refractivity contribution is -0.151. The summed E-state index contributed by atoms with van der Waals surface area (Å²) in [7, 11) is 0. The molecule has 1 atom stereocenters. The maximum atomic E-state index is 11.5. The summed E-state index contributed by atoms with van der Waals surface area (Å²) >= 11 is 0. The molecule has 1 heterocycles. The van der Waals surface area contributed by atoms with Gasteiger partial charge in [-0.1, -0.05) is 19.8 Å². The minimum absolute atomic E-state index is 0.403. The summed E-state index contributed by atoms with van der Waals surface area (Å²) in [6.07, 6.45) is 4.85. The lowest BCUT2D eigenvalue weighted by atomic mass is 9.85. The fourth-order valence-electron chi connectivity index (χ4n) is 3.15. The highest BCUT2D eigenvalue weighted by Gasteiger charge is 2.43. The van der Waals surface area contributed by atoms with Gasteiger partial charge in [-0.3, -0.25) is 9.69 Å². The Morgan fingerprint density at radius 2 is 2.18 bits per heavy atom. The first-order valence-corrected chi connectivity index (χ1v) is 6.73. The van der Waals surface area contributed by atoms with Crippen LogP contribution in [0.15, 0.2) is 0 Å². The zero-order chi connectivity index (χ0) is 12.3. The number of hydrogen-bond donors (Lipinski definition) is 1. The lowest BCUT2D eigenvalue weighted by Crippen LogP contribution is -2.51. The third-order valence-corrected chi connectivity index (χ3v) is 4.34. The van der Waals surface area contributed by atoms with Gasteiger partial charge in [0.1, 0.15) is 0 Å². The van der Waals surface area contributed by atoms with Crippen molar-refractivity contribution in [2.24, 2.45) is 5.41 Å². The fourth-order valence-corrected chi connectivity index (χ4v) is 3.15. The second-order valence-electron chi connectivity index (χ2n) is 5.40. The van der Waals surface area contributed by atoms with Crippen LogP contribution in [0.4, 0.5) is 0 Å². The Morgan fingerprint density at radius 3 is 2.76 bits per heavy atom. The van der Waals surface area contributed by atoms with Crippen LogP contribution in [0.1, 0.15) is 39.0 Å². The molecule has 1 aliphatic carbocycles. The van der Waals surface area contributed by atoms with Crippen molar-refractivity contribution < 1.29 is 14.6 Å². The highest BCUT2D eigenvalue weighted by molar-refractivity contribution is 5.75.